The highest BCUT2D eigenvalue weighted by atomic mass is 16.3. The molecule has 0 aromatic carbocycles. The molecule has 11 heavy (non-hydrogen) atoms. The van der Waals surface area contributed by atoms with Gasteiger partial charge >= 0.3 is 0 Å². The van der Waals surface area contributed by atoms with Crippen LogP contribution in [0, 0.1) is 0 Å². The van der Waals surface area contributed by atoms with E-state index in [0.717, 1.165) is 32.5 Å². The van der Waals surface area contributed by atoms with Crippen LogP contribution in [0.1, 0.15) is 26.2 Å². The SMILES string of the molecule is CCCNN1CCC(O)CC1. The van der Waals surface area contributed by atoms with Gasteiger partial charge in [-0.05, 0) is 19.3 Å². The predicted octanol–water partition coefficient (Wildman–Crippen LogP) is 0.358. The van der Waals surface area contributed by atoms with Crippen molar-refractivity contribution in [2.75, 3.05) is 19.6 Å². The Hall–Kier alpha value is -0.120. The monoisotopic (exact) mass is 158 g/mol. The van der Waals surface area contributed by atoms with E-state index in [9.17, 15) is 5.11 Å². The van der Waals surface area contributed by atoms with Gasteiger partial charge < -0.3 is 5.11 Å². The van der Waals surface area contributed by atoms with Crippen LogP contribution in [0.2, 0.25) is 0 Å². The zero-order valence-electron chi connectivity index (χ0n) is 7.21. The van der Waals surface area contributed by atoms with Crippen molar-refractivity contribution in [1.82, 2.24) is 10.4 Å². The summed E-state index contributed by atoms with van der Waals surface area (Å²) in [6, 6.07) is 0. The van der Waals surface area contributed by atoms with Crippen molar-refractivity contribution in [3.05, 3.63) is 0 Å². The van der Waals surface area contributed by atoms with Crippen molar-refractivity contribution in [3.63, 3.8) is 0 Å². The molecule has 0 aromatic heterocycles. The summed E-state index contributed by atoms with van der Waals surface area (Å²) >= 11 is 0. The Kier molecular flexibility index (Phi) is 3.83. The Morgan fingerprint density at radius 3 is 2.64 bits per heavy atom. The van der Waals surface area contributed by atoms with E-state index in [1.54, 1.807) is 0 Å². The van der Waals surface area contributed by atoms with Crippen LogP contribution in [0.5, 0.6) is 0 Å². The van der Waals surface area contributed by atoms with Gasteiger partial charge in [-0.25, -0.2) is 5.01 Å². The van der Waals surface area contributed by atoms with Crippen LogP contribution in [-0.2, 0) is 0 Å². The minimum atomic E-state index is -0.0605. The van der Waals surface area contributed by atoms with Crippen LogP contribution in [0.3, 0.4) is 0 Å². The number of aliphatic hydroxyl groups is 1. The van der Waals surface area contributed by atoms with Crippen LogP contribution in [-0.4, -0.2) is 35.9 Å². The maximum Gasteiger partial charge on any atom is 0.0565 e. The molecule has 2 N–H and O–H groups in total. The quantitative estimate of drug-likeness (QED) is 0.622. The fourth-order valence-corrected chi connectivity index (χ4v) is 1.29. The average Bonchev–Trinajstić information content (AvgIpc) is 2.04. The molecule has 0 radical (unpaired) electrons. The van der Waals surface area contributed by atoms with E-state index < -0.39 is 0 Å². The molecule has 0 amide bonds. The molecule has 0 unspecified atom stereocenters. The van der Waals surface area contributed by atoms with Gasteiger partial charge in [0.1, 0.15) is 0 Å². The normalized spacial score (nSPS) is 22.4. The fraction of sp³-hybridized carbons (Fsp3) is 1.00. The van der Waals surface area contributed by atoms with Crippen LogP contribution in [0.15, 0.2) is 0 Å². The van der Waals surface area contributed by atoms with Gasteiger partial charge in [-0.1, -0.05) is 6.92 Å². The number of aliphatic hydroxyl groups excluding tert-OH is 1. The summed E-state index contributed by atoms with van der Waals surface area (Å²) in [4.78, 5) is 0. The number of piperidine rings is 1. The molecule has 1 heterocycles. The second-order valence-electron chi connectivity index (χ2n) is 3.13. The van der Waals surface area contributed by atoms with Gasteiger partial charge in [-0.15, -0.1) is 0 Å². The van der Waals surface area contributed by atoms with E-state index in [4.69, 9.17) is 0 Å². The van der Waals surface area contributed by atoms with Gasteiger partial charge in [0.05, 0.1) is 6.10 Å². The number of hydrogen-bond acceptors (Lipinski definition) is 3. The molecule has 0 spiro atoms. The van der Waals surface area contributed by atoms with E-state index in [-0.39, 0.29) is 6.10 Å². The Labute approximate surface area is 68.4 Å². The predicted molar refractivity (Wildman–Crippen MR) is 45.1 cm³/mol. The Morgan fingerprint density at radius 2 is 2.09 bits per heavy atom. The first-order valence-electron chi connectivity index (χ1n) is 4.49. The lowest BCUT2D eigenvalue weighted by molar-refractivity contribution is 0.0563. The molecule has 0 atom stereocenters. The molecular formula is C8H18N2O. The molecule has 1 rings (SSSR count). The molecule has 0 bridgehead atoms. The van der Waals surface area contributed by atoms with Gasteiger partial charge in [0.15, 0.2) is 0 Å². The molecule has 66 valence electrons. The van der Waals surface area contributed by atoms with Crippen molar-refractivity contribution >= 4 is 0 Å². The third-order valence-corrected chi connectivity index (χ3v) is 2.05. The highest BCUT2D eigenvalue weighted by Gasteiger charge is 2.15. The molecule has 1 aliphatic rings. The maximum atomic E-state index is 9.20. The minimum absolute atomic E-state index is 0.0605. The summed E-state index contributed by atoms with van der Waals surface area (Å²) in [6.07, 6.45) is 2.93. The second-order valence-corrected chi connectivity index (χ2v) is 3.13. The first kappa shape index (κ1) is 8.97. The number of nitrogens with zero attached hydrogens (tertiary/aromatic N) is 1. The molecule has 0 saturated carbocycles. The molecule has 3 heteroatoms. The van der Waals surface area contributed by atoms with Crippen LogP contribution in [0.25, 0.3) is 0 Å². The van der Waals surface area contributed by atoms with E-state index in [1.165, 1.54) is 6.42 Å². The summed E-state index contributed by atoms with van der Waals surface area (Å²) in [5, 5.41) is 11.4. The zero-order valence-corrected chi connectivity index (χ0v) is 7.21. The van der Waals surface area contributed by atoms with Crippen molar-refractivity contribution in [2.24, 2.45) is 0 Å². The second kappa shape index (κ2) is 4.70. The van der Waals surface area contributed by atoms with E-state index in [0.29, 0.717) is 0 Å². The van der Waals surface area contributed by atoms with Gasteiger partial charge in [0.25, 0.3) is 0 Å². The summed E-state index contributed by atoms with van der Waals surface area (Å²) < 4.78 is 0. The van der Waals surface area contributed by atoms with Crippen molar-refractivity contribution in [2.45, 2.75) is 32.3 Å². The van der Waals surface area contributed by atoms with Crippen molar-refractivity contribution in [1.29, 1.82) is 0 Å². The smallest absolute Gasteiger partial charge is 0.0565 e. The highest BCUT2D eigenvalue weighted by Crippen LogP contribution is 2.06. The Bertz CT molecular complexity index is 97.5. The van der Waals surface area contributed by atoms with Gasteiger partial charge in [-0.2, -0.15) is 0 Å². The lowest BCUT2D eigenvalue weighted by Crippen LogP contribution is -2.45. The first-order chi connectivity index (χ1) is 5.33. The topological polar surface area (TPSA) is 35.5 Å². The van der Waals surface area contributed by atoms with Gasteiger partial charge in [0, 0.05) is 19.6 Å². The zero-order chi connectivity index (χ0) is 8.10. The molecule has 0 aromatic rings. The molecule has 1 saturated heterocycles. The first-order valence-corrected chi connectivity index (χ1v) is 4.49. The van der Waals surface area contributed by atoms with E-state index in [2.05, 4.69) is 17.4 Å². The third-order valence-electron chi connectivity index (χ3n) is 2.05. The summed E-state index contributed by atoms with van der Waals surface area (Å²) in [7, 11) is 0. The molecule has 1 fully saturated rings. The van der Waals surface area contributed by atoms with Crippen molar-refractivity contribution in [3.8, 4) is 0 Å². The lowest BCUT2D eigenvalue weighted by Gasteiger charge is -2.29. The minimum Gasteiger partial charge on any atom is -0.393 e. The largest absolute Gasteiger partial charge is 0.393 e. The van der Waals surface area contributed by atoms with Crippen LogP contribution >= 0.6 is 0 Å². The highest BCUT2D eigenvalue weighted by molar-refractivity contribution is 4.67. The number of nitrogens with one attached hydrogen (secondary N) is 1. The Balaban J connectivity index is 2.07. The van der Waals surface area contributed by atoms with Crippen LogP contribution in [0.4, 0.5) is 0 Å². The molecular weight excluding hydrogens is 140 g/mol. The van der Waals surface area contributed by atoms with Gasteiger partial charge in [0.2, 0.25) is 0 Å². The third kappa shape index (κ3) is 3.18. The van der Waals surface area contributed by atoms with E-state index >= 15 is 0 Å². The molecule has 0 aliphatic carbocycles. The average molecular weight is 158 g/mol. The number of rotatable bonds is 3. The standard InChI is InChI=1S/C8H18N2O/c1-2-5-9-10-6-3-8(11)4-7-10/h8-9,11H,2-7H2,1H3. The van der Waals surface area contributed by atoms with Crippen LogP contribution < -0.4 is 5.43 Å². The molecule has 3 nitrogen and oxygen atoms in total. The summed E-state index contributed by atoms with van der Waals surface area (Å²) in [5.74, 6) is 0. The maximum absolute atomic E-state index is 9.20. The van der Waals surface area contributed by atoms with Gasteiger partial charge in [-0.3, -0.25) is 5.43 Å². The summed E-state index contributed by atoms with van der Waals surface area (Å²) in [6.45, 7) is 5.18. The lowest BCUT2D eigenvalue weighted by atomic mass is 10.1. The Morgan fingerprint density at radius 1 is 1.45 bits per heavy atom. The van der Waals surface area contributed by atoms with Crippen molar-refractivity contribution < 1.29 is 5.11 Å². The molecule has 1 aliphatic heterocycles. The van der Waals surface area contributed by atoms with E-state index in [1.807, 2.05) is 0 Å². The summed E-state index contributed by atoms with van der Waals surface area (Å²) in [5.41, 5.74) is 3.31. The fourth-order valence-electron chi connectivity index (χ4n) is 1.29. The number of hydrogen-bond donors (Lipinski definition) is 2. The number of hydrazine groups is 1.